The van der Waals surface area contributed by atoms with Gasteiger partial charge in [0.15, 0.2) is 0 Å². The van der Waals surface area contributed by atoms with Crippen LogP contribution >= 0.6 is 0 Å². The van der Waals surface area contributed by atoms with Gasteiger partial charge in [0.05, 0.1) is 0 Å². The molecule has 2 aliphatic heterocycles. The molecule has 0 unspecified atom stereocenters. The Morgan fingerprint density at radius 3 is 1.85 bits per heavy atom. The van der Waals surface area contributed by atoms with Crippen LogP contribution in [-0.4, -0.2) is 31.6 Å². The maximum Gasteiger partial charge on any atom is -0.0131 e. The molecule has 54 heavy (non-hydrogen) atoms. The maximum absolute atomic E-state index is 6.70. The smallest absolute Gasteiger partial charge is 0.0131 e. The summed E-state index contributed by atoms with van der Waals surface area (Å²) in [7, 11) is 0. The summed E-state index contributed by atoms with van der Waals surface area (Å²) >= 11 is 0.0531. The molecule has 8 rings (SSSR count). The Kier molecular flexibility index (Phi) is 8.86. The van der Waals surface area contributed by atoms with Crippen molar-refractivity contribution in [1.82, 2.24) is 9.97 Å². The molecule has 274 valence electrons. The maximum atomic E-state index is 6.70. The van der Waals surface area contributed by atoms with Crippen molar-refractivity contribution < 1.29 is 4.74 Å². The first-order valence-electron chi connectivity index (χ1n) is 18.8. The topological polar surface area (TPSA) is 44.7 Å². The molecule has 0 N–H and O–H groups in total. The summed E-state index contributed by atoms with van der Waals surface area (Å²) in [5, 5.41) is 0. The average Bonchev–Trinajstić information content (AvgIpc) is 3.53. The van der Waals surface area contributed by atoms with Gasteiger partial charge >= 0.3 is 241 Å². The molecule has 4 heterocycles. The third-order valence-electron chi connectivity index (χ3n) is 10.3. The molecule has 0 aliphatic carbocycles. The molecule has 0 radical (unpaired) electrons. The molecule has 0 atom stereocenters. The standard InChI is InChI=1S/C47H49N5OSe/c1-45(2,3)31-21-23-48-43(27-31)52-40-18-13-22-49-44(40)54-42-20-19-37(29-41(42)52)53-36-15-12-14-34(28-36)50-30-51(39-17-11-10-16-38(39)50)35-25-32(46(4,5)6)24-33(26-35)47(7,8)9/h10-29H,30H2,1-9H3. The van der Waals surface area contributed by atoms with Crippen LogP contribution in [0.2, 0.25) is 0 Å². The second kappa shape index (κ2) is 13.3. The van der Waals surface area contributed by atoms with Gasteiger partial charge in [0.2, 0.25) is 0 Å². The number of pyridine rings is 2. The van der Waals surface area contributed by atoms with Crippen molar-refractivity contribution in [2.24, 2.45) is 0 Å². The van der Waals surface area contributed by atoms with Crippen LogP contribution < -0.4 is 28.5 Å². The third kappa shape index (κ3) is 6.87. The van der Waals surface area contributed by atoms with E-state index in [1.54, 1.807) is 0 Å². The predicted molar refractivity (Wildman–Crippen MR) is 226 cm³/mol. The molecule has 0 amide bonds. The summed E-state index contributed by atoms with van der Waals surface area (Å²) in [6, 6.07) is 39.2. The van der Waals surface area contributed by atoms with E-state index in [0.29, 0.717) is 6.67 Å². The van der Waals surface area contributed by atoms with Gasteiger partial charge in [-0.3, -0.25) is 0 Å². The molecule has 0 spiro atoms. The van der Waals surface area contributed by atoms with Gasteiger partial charge in [-0.05, 0) is 34.1 Å². The van der Waals surface area contributed by atoms with Crippen molar-refractivity contribution in [3.8, 4) is 11.5 Å². The number of hydrogen-bond acceptors (Lipinski definition) is 6. The van der Waals surface area contributed by atoms with E-state index in [2.05, 4.69) is 174 Å². The fraction of sp³-hybridized carbons (Fsp3) is 0.277. The molecule has 0 bridgehead atoms. The molecule has 2 aromatic heterocycles. The minimum Gasteiger partial charge on any atom is -0.0561 e. The number of para-hydroxylation sites is 2. The summed E-state index contributed by atoms with van der Waals surface area (Å²) in [6.07, 6.45) is 3.80. The largest absolute Gasteiger partial charge is 0.0561 e. The summed E-state index contributed by atoms with van der Waals surface area (Å²) < 4.78 is 9.05. The Bertz CT molecular complexity index is 2330. The molecular weight excluding hydrogens is 730 g/mol. The Balaban J connectivity index is 1.13. The number of aromatic nitrogens is 2. The minimum atomic E-state index is -0.00724. The van der Waals surface area contributed by atoms with Crippen molar-refractivity contribution in [3.05, 3.63) is 138 Å². The van der Waals surface area contributed by atoms with Crippen molar-refractivity contribution in [3.63, 3.8) is 0 Å². The van der Waals surface area contributed by atoms with Gasteiger partial charge in [-0.25, -0.2) is 0 Å². The zero-order valence-corrected chi connectivity index (χ0v) is 34.5. The van der Waals surface area contributed by atoms with E-state index < -0.39 is 0 Å². The van der Waals surface area contributed by atoms with E-state index >= 15 is 0 Å². The zero-order valence-electron chi connectivity index (χ0n) is 32.8. The molecule has 0 fully saturated rings. The number of benzene rings is 4. The molecule has 4 aromatic carbocycles. The molecule has 6 nitrogen and oxygen atoms in total. The molecule has 0 saturated carbocycles. The first-order chi connectivity index (χ1) is 25.6. The summed E-state index contributed by atoms with van der Waals surface area (Å²) in [4.78, 5) is 16.8. The number of fused-ring (bicyclic) bond motifs is 3. The molecule has 6 aromatic rings. The quantitative estimate of drug-likeness (QED) is 0.162. The summed E-state index contributed by atoms with van der Waals surface area (Å²) in [5.74, 6) is 2.45. The Hall–Kier alpha value is -5.10. The first-order valence-corrected chi connectivity index (χ1v) is 20.5. The van der Waals surface area contributed by atoms with Crippen LogP contribution in [-0.2, 0) is 16.2 Å². The average molecular weight is 779 g/mol. The predicted octanol–water partition coefficient (Wildman–Crippen LogP) is 10.8. The molecular formula is C47H49N5OSe. The van der Waals surface area contributed by atoms with Gasteiger partial charge in [-0.1, -0.05) is 53.7 Å². The normalized spacial score (nSPS) is 14.1. The second-order valence-corrected chi connectivity index (χ2v) is 19.6. The van der Waals surface area contributed by atoms with Crippen molar-refractivity contribution in [2.75, 3.05) is 21.4 Å². The van der Waals surface area contributed by atoms with Crippen LogP contribution in [0.25, 0.3) is 0 Å². The van der Waals surface area contributed by atoms with Gasteiger partial charge in [-0.15, -0.1) is 0 Å². The summed E-state index contributed by atoms with van der Waals surface area (Å²) in [6.45, 7) is 21.2. The number of rotatable bonds is 5. The van der Waals surface area contributed by atoms with Crippen LogP contribution in [0.1, 0.15) is 79.0 Å². The van der Waals surface area contributed by atoms with Crippen LogP contribution in [0.5, 0.6) is 11.5 Å². The first kappa shape index (κ1) is 35.9. The van der Waals surface area contributed by atoms with Crippen LogP contribution in [0, 0.1) is 0 Å². The Morgan fingerprint density at radius 1 is 0.519 bits per heavy atom. The molecule has 7 heteroatoms. The van der Waals surface area contributed by atoms with E-state index in [0.717, 1.165) is 39.0 Å². The van der Waals surface area contributed by atoms with E-state index in [9.17, 15) is 0 Å². The van der Waals surface area contributed by atoms with E-state index in [-0.39, 0.29) is 31.2 Å². The van der Waals surface area contributed by atoms with Crippen LogP contribution in [0.4, 0.5) is 39.9 Å². The number of anilines is 7. The van der Waals surface area contributed by atoms with E-state index in [1.165, 1.54) is 38.2 Å². The van der Waals surface area contributed by atoms with Gasteiger partial charge in [0.25, 0.3) is 0 Å². The minimum absolute atomic E-state index is 0.00724. The van der Waals surface area contributed by atoms with Crippen molar-refractivity contribution in [2.45, 2.75) is 78.6 Å². The Morgan fingerprint density at radius 2 is 1.17 bits per heavy atom. The zero-order chi connectivity index (χ0) is 38.0. The van der Waals surface area contributed by atoms with Gasteiger partial charge in [-0.2, -0.15) is 0 Å². The van der Waals surface area contributed by atoms with E-state index in [4.69, 9.17) is 14.7 Å². The number of hydrogen-bond donors (Lipinski definition) is 0. The number of nitrogens with zero attached hydrogens (tertiary/aromatic N) is 5. The van der Waals surface area contributed by atoms with Gasteiger partial charge in [0.1, 0.15) is 0 Å². The van der Waals surface area contributed by atoms with Gasteiger partial charge < -0.3 is 0 Å². The van der Waals surface area contributed by atoms with Gasteiger partial charge in [0, 0.05) is 0 Å². The molecule has 2 aliphatic rings. The molecule has 0 saturated heterocycles. The third-order valence-corrected chi connectivity index (χ3v) is 12.5. The van der Waals surface area contributed by atoms with Crippen molar-refractivity contribution in [1.29, 1.82) is 0 Å². The van der Waals surface area contributed by atoms with Crippen LogP contribution in [0.15, 0.2) is 122 Å². The fourth-order valence-electron chi connectivity index (χ4n) is 7.08. The van der Waals surface area contributed by atoms with E-state index in [1.807, 2.05) is 24.5 Å². The SMILES string of the molecule is CC(C)(C)c1cc(N2CN(c3cccc(Oc4ccc5c(c4)N(c4cc(C(C)(C)C)ccn4)c4cccnc4[Se]5)c3)c3ccccc32)cc(C(C)(C)C)c1. The monoisotopic (exact) mass is 779 g/mol. The Labute approximate surface area is 327 Å². The van der Waals surface area contributed by atoms with Crippen molar-refractivity contribution >= 4 is 64.0 Å². The fourth-order valence-corrected chi connectivity index (χ4v) is 9.13. The van der Waals surface area contributed by atoms with Crippen LogP contribution in [0.3, 0.4) is 0 Å². The second-order valence-electron chi connectivity index (χ2n) is 17.4. The number of ether oxygens (including phenoxy) is 1. The summed E-state index contributed by atoms with van der Waals surface area (Å²) in [5.41, 5.74) is 10.8.